The molecule has 1 atom stereocenters. The highest BCUT2D eigenvalue weighted by molar-refractivity contribution is 5.92. The summed E-state index contributed by atoms with van der Waals surface area (Å²) in [6, 6.07) is 27.8. The van der Waals surface area contributed by atoms with Gasteiger partial charge in [-0.2, -0.15) is 4.98 Å². The number of fused-ring (bicyclic) bond motifs is 1. The van der Waals surface area contributed by atoms with E-state index in [1.165, 1.54) is 19.3 Å². The average molecular weight is 551 g/mol. The van der Waals surface area contributed by atoms with Gasteiger partial charge in [0.05, 0.1) is 11.2 Å². The second-order valence-corrected chi connectivity index (χ2v) is 11.0. The topological polar surface area (TPSA) is 84.4 Å². The van der Waals surface area contributed by atoms with Crippen LogP contribution < -0.4 is 5.69 Å². The molecule has 0 aliphatic carbocycles. The van der Waals surface area contributed by atoms with Gasteiger partial charge in [-0.05, 0) is 58.3 Å². The Bertz CT molecular complexity index is 1620. The molecule has 212 valence electrons. The van der Waals surface area contributed by atoms with Gasteiger partial charge in [-0.15, -0.1) is 0 Å². The van der Waals surface area contributed by atoms with E-state index in [-0.39, 0.29) is 11.7 Å². The predicted molar refractivity (Wildman–Crippen MR) is 164 cm³/mol. The van der Waals surface area contributed by atoms with Crippen molar-refractivity contribution in [2.45, 2.75) is 52.2 Å². The Morgan fingerprint density at radius 2 is 1.54 bits per heavy atom. The average Bonchev–Trinajstić information content (AvgIpc) is 3.49. The van der Waals surface area contributed by atoms with Gasteiger partial charge in [0, 0.05) is 35.2 Å². The molecular formula is C34H38N4O3. The maximum absolute atomic E-state index is 12.4. The summed E-state index contributed by atoms with van der Waals surface area (Å²) in [5.41, 5.74) is 5.23. The predicted octanol–water partition coefficient (Wildman–Crippen LogP) is 6.81. The number of aromatic nitrogens is 3. The molecule has 0 saturated carbocycles. The van der Waals surface area contributed by atoms with Crippen LogP contribution in [-0.2, 0) is 0 Å². The lowest BCUT2D eigenvalue weighted by Gasteiger charge is -2.27. The number of aryl methyl sites for hydroxylation is 1. The number of hydrogen-bond donors (Lipinski definition) is 1. The van der Waals surface area contributed by atoms with Gasteiger partial charge in [0.2, 0.25) is 0 Å². The minimum Gasteiger partial charge on any atom is -0.385 e. The minimum atomic E-state index is -0.575. The fourth-order valence-corrected chi connectivity index (χ4v) is 5.33. The maximum atomic E-state index is 12.4. The van der Waals surface area contributed by atoms with Crippen molar-refractivity contribution in [1.29, 1.82) is 0 Å². The first-order valence-corrected chi connectivity index (χ1v) is 14.4. The molecule has 3 heterocycles. The molecule has 3 aromatic carbocycles. The van der Waals surface area contributed by atoms with Crippen molar-refractivity contribution < 1.29 is 9.63 Å². The molecule has 7 nitrogen and oxygen atoms in total. The van der Waals surface area contributed by atoms with Crippen molar-refractivity contribution in [3.63, 3.8) is 0 Å². The number of benzene rings is 3. The van der Waals surface area contributed by atoms with Gasteiger partial charge in [0.1, 0.15) is 11.8 Å². The summed E-state index contributed by atoms with van der Waals surface area (Å²) >= 11 is 0. The molecule has 2 aromatic heterocycles. The third-order valence-electron chi connectivity index (χ3n) is 7.45. The molecule has 1 unspecified atom stereocenters. The molecule has 0 bridgehead atoms. The first kappa shape index (κ1) is 28.5. The zero-order valence-electron chi connectivity index (χ0n) is 24.0. The number of likely N-dealkylation sites (tertiary alicyclic amines) is 1. The normalized spacial score (nSPS) is 14.6. The molecule has 41 heavy (non-hydrogen) atoms. The Hall–Kier alpha value is -4.07. The van der Waals surface area contributed by atoms with Crippen LogP contribution in [0.15, 0.2) is 94.2 Å². The van der Waals surface area contributed by atoms with E-state index in [2.05, 4.69) is 33.2 Å². The summed E-state index contributed by atoms with van der Waals surface area (Å²) < 4.78 is 7.09. The van der Waals surface area contributed by atoms with E-state index in [4.69, 9.17) is 4.52 Å². The number of aliphatic hydroxyl groups excluding tert-OH is 1. The number of piperidine rings is 1. The molecule has 0 amide bonds. The number of rotatable bonds is 6. The van der Waals surface area contributed by atoms with Crippen LogP contribution in [0.1, 0.15) is 56.5 Å². The number of aliphatic hydroxyl groups is 1. The minimum absolute atomic E-state index is 0.0825. The van der Waals surface area contributed by atoms with Gasteiger partial charge < -0.3 is 14.5 Å². The van der Waals surface area contributed by atoms with Crippen molar-refractivity contribution in [3.05, 3.63) is 107 Å². The summed E-state index contributed by atoms with van der Waals surface area (Å²) in [5, 5.41) is 15.3. The van der Waals surface area contributed by atoms with E-state index in [1.807, 2.05) is 87.5 Å². The maximum Gasteiger partial charge on any atom is 0.348 e. The summed E-state index contributed by atoms with van der Waals surface area (Å²) in [6.07, 6.45) is 3.17. The molecule has 1 aliphatic heterocycles. The van der Waals surface area contributed by atoms with Crippen LogP contribution in [-0.4, -0.2) is 44.3 Å². The fourth-order valence-electron chi connectivity index (χ4n) is 5.33. The molecular weight excluding hydrogens is 512 g/mol. The monoisotopic (exact) mass is 550 g/mol. The van der Waals surface area contributed by atoms with Crippen LogP contribution in [0.5, 0.6) is 0 Å². The highest BCUT2D eigenvalue weighted by atomic mass is 16.5. The Morgan fingerprint density at radius 1 is 0.878 bits per heavy atom. The third-order valence-corrected chi connectivity index (χ3v) is 7.45. The lowest BCUT2D eigenvalue weighted by molar-refractivity contribution is 0.0959. The first-order valence-electron chi connectivity index (χ1n) is 14.4. The molecule has 1 N–H and O–H groups in total. The second-order valence-electron chi connectivity index (χ2n) is 11.0. The molecule has 1 saturated heterocycles. The standard InChI is InChI=1S/C18H18N2O.C16H20N2O2/c1-12(2)20-16-11-13(3)9-10-15(16)17(19-18(20)21)14-7-5-4-6-8-14;19-15(12-18-9-5-2-6-10-18)14-11-16(20-17-14)13-7-3-1-4-8-13/h4-12H,1-3H3;1,3-4,7-8,11,15,19H,2,5-6,9-10,12H2. The number of β-amino-alcohol motifs (C(OH)–C–C–N with tert-alkyl or cyclic N) is 1. The Balaban J connectivity index is 0.000000165. The second kappa shape index (κ2) is 13.1. The summed E-state index contributed by atoms with van der Waals surface area (Å²) in [4.78, 5) is 19.1. The molecule has 5 aromatic rings. The zero-order chi connectivity index (χ0) is 28.8. The molecule has 1 aliphatic rings. The first-order chi connectivity index (χ1) is 19.9. The molecule has 0 spiro atoms. The van der Waals surface area contributed by atoms with Crippen LogP contribution in [0.2, 0.25) is 0 Å². The molecule has 1 fully saturated rings. The van der Waals surface area contributed by atoms with Gasteiger partial charge in [-0.1, -0.05) is 84.4 Å². The van der Waals surface area contributed by atoms with Crippen molar-refractivity contribution in [2.75, 3.05) is 19.6 Å². The molecule has 0 radical (unpaired) electrons. The van der Waals surface area contributed by atoms with Gasteiger partial charge in [-0.25, -0.2) is 4.79 Å². The van der Waals surface area contributed by atoms with Gasteiger partial charge in [0.25, 0.3) is 0 Å². The van der Waals surface area contributed by atoms with E-state index in [0.717, 1.165) is 46.4 Å². The Kier molecular flexibility index (Phi) is 9.07. The fraction of sp³-hybridized carbons (Fsp3) is 0.324. The lowest BCUT2D eigenvalue weighted by Crippen LogP contribution is -2.33. The van der Waals surface area contributed by atoms with Crippen molar-refractivity contribution in [1.82, 2.24) is 19.6 Å². The lowest BCUT2D eigenvalue weighted by atomic mass is 10.0. The van der Waals surface area contributed by atoms with Crippen LogP contribution in [0.25, 0.3) is 33.5 Å². The van der Waals surface area contributed by atoms with Gasteiger partial charge >= 0.3 is 5.69 Å². The van der Waals surface area contributed by atoms with Crippen molar-refractivity contribution in [3.8, 4) is 22.6 Å². The van der Waals surface area contributed by atoms with Gasteiger partial charge in [-0.3, -0.25) is 4.57 Å². The summed E-state index contributed by atoms with van der Waals surface area (Å²) in [5.74, 6) is 0.707. The highest BCUT2D eigenvalue weighted by Gasteiger charge is 2.19. The van der Waals surface area contributed by atoms with E-state index < -0.39 is 6.10 Å². The van der Waals surface area contributed by atoms with Crippen molar-refractivity contribution in [2.24, 2.45) is 0 Å². The quantitative estimate of drug-likeness (QED) is 0.250. The third kappa shape index (κ3) is 6.81. The van der Waals surface area contributed by atoms with E-state index in [0.29, 0.717) is 18.0 Å². The largest absolute Gasteiger partial charge is 0.385 e. The highest BCUT2D eigenvalue weighted by Crippen LogP contribution is 2.27. The zero-order valence-corrected chi connectivity index (χ0v) is 24.0. The number of hydrogen-bond acceptors (Lipinski definition) is 6. The summed E-state index contributed by atoms with van der Waals surface area (Å²) in [6.45, 7) is 8.83. The van der Waals surface area contributed by atoms with E-state index in [1.54, 1.807) is 4.57 Å². The Labute approximate surface area is 241 Å². The SMILES string of the molecule is Cc1ccc2c(-c3ccccc3)nc(=O)n(C(C)C)c2c1.OC(CN1CCCCC1)c1cc(-c2ccccc2)on1. The van der Waals surface area contributed by atoms with E-state index >= 15 is 0 Å². The van der Waals surface area contributed by atoms with Gasteiger partial charge in [0.15, 0.2) is 5.76 Å². The van der Waals surface area contributed by atoms with Crippen LogP contribution >= 0.6 is 0 Å². The van der Waals surface area contributed by atoms with Crippen molar-refractivity contribution >= 4 is 10.9 Å². The van der Waals surface area contributed by atoms with Crippen LogP contribution in [0.3, 0.4) is 0 Å². The Morgan fingerprint density at radius 3 is 2.20 bits per heavy atom. The molecule has 6 rings (SSSR count). The number of nitrogens with zero attached hydrogens (tertiary/aromatic N) is 4. The van der Waals surface area contributed by atoms with Crippen LogP contribution in [0, 0.1) is 6.92 Å². The molecule has 7 heteroatoms. The van der Waals surface area contributed by atoms with Crippen LogP contribution in [0.4, 0.5) is 0 Å². The van der Waals surface area contributed by atoms with E-state index in [9.17, 15) is 9.90 Å². The summed E-state index contributed by atoms with van der Waals surface area (Å²) in [7, 11) is 0. The smallest absolute Gasteiger partial charge is 0.348 e.